The van der Waals surface area contributed by atoms with Crippen LogP contribution in [0, 0.1) is 11.6 Å². The average Bonchev–Trinajstić information content (AvgIpc) is 2.37. The Balaban J connectivity index is 2.35. The van der Waals surface area contributed by atoms with Crippen molar-refractivity contribution in [2.45, 2.75) is 31.5 Å². The van der Waals surface area contributed by atoms with E-state index in [-0.39, 0.29) is 13.0 Å². The number of rotatable bonds is 1. The lowest BCUT2D eigenvalue weighted by Gasteiger charge is -2.36. The molecule has 1 heterocycles. The molecule has 0 saturated carbocycles. The summed E-state index contributed by atoms with van der Waals surface area (Å²) >= 11 is 0. The highest BCUT2D eigenvalue weighted by Crippen LogP contribution is 2.33. The van der Waals surface area contributed by atoms with E-state index in [1.165, 1.54) is 0 Å². The molecule has 1 aromatic rings. The van der Waals surface area contributed by atoms with E-state index < -0.39 is 35.3 Å². The van der Waals surface area contributed by atoms with Crippen LogP contribution in [0.15, 0.2) is 18.2 Å². The minimum Gasteiger partial charge on any atom is -0.326 e. The van der Waals surface area contributed by atoms with Gasteiger partial charge < -0.3 is 4.90 Å². The monoisotopic (exact) mass is 293 g/mol. The lowest BCUT2D eigenvalue weighted by atomic mass is 10.00. The maximum atomic E-state index is 13.5. The van der Waals surface area contributed by atoms with Gasteiger partial charge >= 0.3 is 6.18 Å². The molecule has 0 spiro atoms. The molecule has 2 rings (SSSR count). The first-order valence-electron chi connectivity index (χ1n) is 6.14. The summed E-state index contributed by atoms with van der Waals surface area (Å²) in [6, 6.07) is 0.771. The van der Waals surface area contributed by atoms with Crippen LogP contribution in [-0.2, 0) is 0 Å². The normalized spacial score (nSPS) is 20.1. The van der Waals surface area contributed by atoms with Crippen molar-refractivity contribution in [2.75, 3.05) is 6.54 Å². The molecule has 0 bridgehead atoms. The number of likely N-dealkylation sites (tertiary alicyclic amines) is 1. The number of piperidine rings is 1. The molecule has 2 nitrogen and oxygen atoms in total. The van der Waals surface area contributed by atoms with Gasteiger partial charge in [0.15, 0.2) is 0 Å². The Hall–Kier alpha value is -1.66. The summed E-state index contributed by atoms with van der Waals surface area (Å²) in [4.78, 5) is 12.6. The zero-order chi connectivity index (χ0) is 14.9. The standard InChI is InChI=1S/C13H12F5NO/c14-8-4-3-5-9(15)11(8)12(20)19-7-2-1-6-10(19)13(16,17)18/h3-5,10H,1-2,6-7H2. The van der Waals surface area contributed by atoms with Crippen molar-refractivity contribution in [2.24, 2.45) is 0 Å². The van der Waals surface area contributed by atoms with Gasteiger partial charge in [-0.1, -0.05) is 6.07 Å². The van der Waals surface area contributed by atoms with E-state index in [1.54, 1.807) is 0 Å². The lowest BCUT2D eigenvalue weighted by molar-refractivity contribution is -0.183. The van der Waals surface area contributed by atoms with E-state index in [0.717, 1.165) is 18.2 Å². The summed E-state index contributed by atoms with van der Waals surface area (Å²) in [6.45, 7) is -0.156. The van der Waals surface area contributed by atoms with Gasteiger partial charge in [0.1, 0.15) is 23.2 Å². The largest absolute Gasteiger partial charge is 0.408 e. The second kappa shape index (κ2) is 5.38. The molecule has 1 aliphatic rings. The molecular weight excluding hydrogens is 281 g/mol. The van der Waals surface area contributed by atoms with Crippen LogP contribution in [0.5, 0.6) is 0 Å². The molecule has 1 unspecified atom stereocenters. The van der Waals surface area contributed by atoms with Gasteiger partial charge in [-0.2, -0.15) is 13.2 Å². The van der Waals surface area contributed by atoms with Gasteiger partial charge in [-0.25, -0.2) is 8.78 Å². The number of carbonyl (C=O) groups excluding carboxylic acids is 1. The molecule has 1 aromatic carbocycles. The molecule has 1 amide bonds. The van der Waals surface area contributed by atoms with Crippen LogP contribution in [0.25, 0.3) is 0 Å². The Kier molecular flexibility index (Phi) is 3.96. The molecule has 0 aromatic heterocycles. The Morgan fingerprint density at radius 2 is 1.75 bits per heavy atom. The van der Waals surface area contributed by atoms with Gasteiger partial charge in [-0.05, 0) is 31.4 Å². The predicted molar refractivity (Wildman–Crippen MR) is 61.1 cm³/mol. The Morgan fingerprint density at radius 3 is 2.30 bits per heavy atom. The number of hydrogen-bond acceptors (Lipinski definition) is 1. The Labute approximate surface area is 112 Å². The first-order valence-corrected chi connectivity index (χ1v) is 6.14. The minimum absolute atomic E-state index is 0.156. The van der Waals surface area contributed by atoms with E-state index in [0.29, 0.717) is 17.7 Å². The first kappa shape index (κ1) is 14.7. The zero-order valence-electron chi connectivity index (χ0n) is 10.4. The fraction of sp³-hybridized carbons (Fsp3) is 0.462. The summed E-state index contributed by atoms with van der Waals surface area (Å²) in [5, 5.41) is 0. The molecule has 0 N–H and O–H groups in total. The summed E-state index contributed by atoms with van der Waals surface area (Å²) in [5.74, 6) is -3.55. The SMILES string of the molecule is O=C(c1c(F)cccc1F)N1CCCCC1C(F)(F)F. The van der Waals surface area contributed by atoms with E-state index in [4.69, 9.17) is 0 Å². The first-order chi connectivity index (χ1) is 9.32. The molecule has 1 saturated heterocycles. The minimum atomic E-state index is -4.60. The lowest BCUT2D eigenvalue weighted by Crippen LogP contribution is -2.51. The third-order valence-corrected chi connectivity index (χ3v) is 3.32. The van der Waals surface area contributed by atoms with Crippen LogP contribution in [0.4, 0.5) is 22.0 Å². The zero-order valence-corrected chi connectivity index (χ0v) is 10.4. The molecule has 0 radical (unpaired) electrons. The fourth-order valence-electron chi connectivity index (χ4n) is 2.36. The van der Waals surface area contributed by atoms with Crippen molar-refractivity contribution in [3.05, 3.63) is 35.4 Å². The van der Waals surface area contributed by atoms with Crippen molar-refractivity contribution < 1.29 is 26.7 Å². The van der Waals surface area contributed by atoms with Gasteiger partial charge in [-0.3, -0.25) is 4.79 Å². The van der Waals surface area contributed by atoms with Gasteiger partial charge in [-0.15, -0.1) is 0 Å². The maximum absolute atomic E-state index is 13.5. The maximum Gasteiger partial charge on any atom is 0.408 e. The number of benzene rings is 1. The van der Waals surface area contributed by atoms with Crippen LogP contribution < -0.4 is 0 Å². The Bertz CT molecular complexity index is 494. The van der Waals surface area contributed by atoms with Crippen molar-refractivity contribution in [1.82, 2.24) is 4.90 Å². The molecule has 1 atom stereocenters. The van der Waals surface area contributed by atoms with E-state index in [1.807, 2.05) is 0 Å². The molecule has 0 aliphatic carbocycles. The molecular formula is C13H12F5NO. The fourth-order valence-corrected chi connectivity index (χ4v) is 2.36. The molecule has 7 heteroatoms. The van der Waals surface area contributed by atoms with Crippen molar-refractivity contribution in [3.63, 3.8) is 0 Å². The number of nitrogens with zero attached hydrogens (tertiary/aromatic N) is 1. The van der Waals surface area contributed by atoms with Gasteiger partial charge in [0.25, 0.3) is 5.91 Å². The summed E-state index contributed by atoms with van der Waals surface area (Å²) < 4.78 is 65.7. The van der Waals surface area contributed by atoms with Crippen LogP contribution in [0.1, 0.15) is 29.6 Å². The van der Waals surface area contributed by atoms with E-state index >= 15 is 0 Å². The number of hydrogen-bond donors (Lipinski definition) is 0. The topological polar surface area (TPSA) is 20.3 Å². The number of halogens is 5. The molecule has 1 aliphatic heterocycles. The van der Waals surface area contributed by atoms with Crippen LogP contribution in [0.3, 0.4) is 0 Å². The average molecular weight is 293 g/mol. The second-order valence-electron chi connectivity index (χ2n) is 4.65. The van der Waals surface area contributed by atoms with Crippen molar-refractivity contribution in [1.29, 1.82) is 0 Å². The number of alkyl halides is 3. The predicted octanol–water partition coefficient (Wildman–Crippen LogP) is 3.52. The smallest absolute Gasteiger partial charge is 0.326 e. The summed E-state index contributed by atoms with van der Waals surface area (Å²) in [7, 11) is 0. The number of amides is 1. The highest BCUT2D eigenvalue weighted by molar-refractivity contribution is 5.95. The van der Waals surface area contributed by atoms with Crippen molar-refractivity contribution in [3.8, 4) is 0 Å². The molecule has 110 valence electrons. The van der Waals surface area contributed by atoms with Gasteiger partial charge in [0, 0.05) is 6.54 Å². The third-order valence-electron chi connectivity index (χ3n) is 3.32. The Morgan fingerprint density at radius 1 is 1.15 bits per heavy atom. The van der Waals surface area contributed by atoms with Crippen LogP contribution in [-0.4, -0.2) is 29.6 Å². The highest BCUT2D eigenvalue weighted by atomic mass is 19.4. The third kappa shape index (κ3) is 2.76. The molecule has 20 heavy (non-hydrogen) atoms. The van der Waals surface area contributed by atoms with Crippen molar-refractivity contribution >= 4 is 5.91 Å². The van der Waals surface area contributed by atoms with Crippen LogP contribution in [0.2, 0.25) is 0 Å². The highest BCUT2D eigenvalue weighted by Gasteiger charge is 2.47. The van der Waals surface area contributed by atoms with E-state index in [9.17, 15) is 26.7 Å². The molecule has 1 fully saturated rings. The second-order valence-corrected chi connectivity index (χ2v) is 4.65. The van der Waals surface area contributed by atoms with Gasteiger partial charge in [0.05, 0.1) is 0 Å². The summed E-state index contributed by atoms with van der Waals surface area (Å²) in [6.07, 6.45) is -4.13. The van der Waals surface area contributed by atoms with Crippen LogP contribution >= 0.6 is 0 Å². The van der Waals surface area contributed by atoms with Gasteiger partial charge in [0.2, 0.25) is 0 Å². The summed E-state index contributed by atoms with van der Waals surface area (Å²) in [5.41, 5.74) is -0.927. The quantitative estimate of drug-likeness (QED) is 0.725. The van der Waals surface area contributed by atoms with E-state index in [2.05, 4.69) is 0 Å². The number of carbonyl (C=O) groups is 1.